The van der Waals surface area contributed by atoms with Gasteiger partial charge in [0.15, 0.2) is 0 Å². The number of fused-ring (bicyclic) bond motifs is 1. The van der Waals surface area contributed by atoms with Gasteiger partial charge < -0.3 is 4.57 Å². The maximum absolute atomic E-state index is 11.7. The fraction of sp³-hybridized carbons (Fsp3) is 0.533. The predicted octanol–water partition coefficient (Wildman–Crippen LogP) is 1.04. The zero-order valence-corrected chi connectivity index (χ0v) is 13.9. The molecule has 1 aliphatic rings. The Morgan fingerprint density at radius 2 is 1.91 bits per heavy atom. The molecule has 0 N–H and O–H groups in total. The van der Waals surface area contributed by atoms with Crippen LogP contribution in [-0.2, 0) is 23.6 Å². The number of sulfonamides is 1. The van der Waals surface area contributed by atoms with Crippen molar-refractivity contribution < 1.29 is 8.42 Å². The summed E-state index contributed by atoms with van der Waals surface area (Å²) in [4.78, 5) is 6.98. The Morgan fingerprint density at radius 1 is 1.14 bits per heavy atom. The highest BCUT2D eigenvalue weighted by molar-refractivity contribution is 7.88. The fourth-order valence-electron chi connectivity index (χ4n) is 2.97. The van der Waals surface area contributed by atoms with Gasteiger partial charge in [-0.2, -0.15) is 0 Å². The highest BCUT2D eigenvalue weighted by Crippen LogP contribution is 2.16. The third kappa shape index (κ3) is 3.16. The third-order valence-electron chi connectivity index (χ3n) is 4.26. The van der Waals surface area contributed by atoms with Crippen LogP contribution in [0, 0.1) is 0 Å². The molecular formula is C15H22N4O2S. The molecule has 0 atom stereocenters. The van der Waals surface area contributed by atoms with Crippen LogP contribution in [0.2, 0.25) is 0 Å². The number of benzene rings is 1. The molecular weight excluding hydrogens is 300 g/mol. The van der Waals surface area contributed by atoms with Gasteiger partial charge in [0, 0.05) is 26.7 Å². The van der Waals surface area contributed by atoms with Gasteiger partial charge in [-0.25, -0.2) is 17.7 Å². The smallest absolute Gasteiger partial charge is 0.211 e. The molecule has 0 radical (unpaired) electrons. The predicted molar refractivity (Wildman–Crippen MR) is 87.0 cm³/mol. The molecule has 22 heavy (non-hydrogen) atoms. The molecule has 2 aromatic rings. The van der Waals surface area contributed by atoms with Gasteiger partial charge >= 0.3 is 0 Å². The van der Waals surface area contributed by atoms with E-state index in [1.165, 1.54) is 6.26 Å². The molecule has 3 rings (SSSR count). The first-order valence-corrected chi connectivity index (χ1v) is 9.38. The van der Waals surface area contributed by atoms with Gasteiger partial charge in [-0.3, -0.25) is 4.90 Å². The molecule has 120 valence electrons. The Labute approximate surface area is 131 Å². The van der Waals surface area contributed by atoms with E-state index in [9.17, 15) is 8.42 Å². The molecule has 1 aromatic heterocycles. The van der Waals surface area contributed by atoms with E-state index >= 15 is 0 Å². The lowest BCUT2D eigenvalue weighted by molar-refractivity contribution is 0.270. The molecule has 0 spiro atoms. The summed E-state index contributed by atoms with van der Waals surface area (Å²) in [5.41, 5.74) is 2.14. The number of aryl methyl sites for hydroxylation is 1. The van der Waals surface area contributed by atoms with Crippen LogP contribution in [0.4, 0.5) is 0 Å². The van der Waals surface area contributed by atoms with E-state index < -0.39 is 10.0 Å². The van der Waals surface area contributed by atoms with Gasteiger partial charge in [0.1, 0.15) is 5.82 Å². The molecule has 1 fully saturated rings. The van der Waals surface area contributed by atoms with Crippen LogP contribution in [0.3, 0.4) is 0 Å². The minimum Gasteiger partial charge on any atom is -0.330 e. The van der Waals surface area contributed by atoms with Crippen molar-refractivity contribution in [1.29, 1.82) is 0 Å². The van der Waals surface area contributed by atoms with E-state index in [4.69, 9.17) is 4.98 Å². The minimum atomic E-state index is -3.09. The van der Waals surface area contributed by atoms with Crippen molar-refractivity contribution in [3.63, 3.8) is 0 Å². The SMILES string of the molecule is Cn1c(CN2CCCN(S(C)(=O)=O)CC2)nc2ccccc21. The Hall–Kier alpha value is -1.44. The first-order chi connectivity index (χ1) is 10.4. The first kappa shape index (κ1) is 15.5. The highest BCUT2D eigenvalue weighted by atomic mass is 32.2. The van der Waals surface area contributed by atoms with Gasteiger partial charge in [0.25, 0.3) is 0 Å². The topological polar surface area (TPSA) is 58.4 Å². The van der Waals surface area contributed by atoms with Crippen molar-refractivity contribution in [2.24, 2.45) is 7.05 Å². The third-order valence-corrected chi connectivity index (χ3v) is 5.56. The van der Waals surface area contributed by atoms with Crippen molar-refractivity contribution in [2.45, 2.75) is 13.0 Å². The summed E-state index contributed by atoms with van der Waals surface area (Å²) in [5, 5.41) is 0. The number of hydrogen-bond acceptors (Lipinski definition) is 4. The Morgan fingerprint density at radius 3 is 2.64 bits per heavy atom. The summed E-state index contributed by atoms with van der Waals surface area (Å²) in [6, 6.07) is 8.10. The second-order valence-electron chi connectivity index (χ2n) is 5.87. The van der Waals surface area contributed by atoms with Gasteiger partial charge in [-0.1, -0.05) is 12.1 Å². The highest BCUT2D eigenvalue weighted by Gasteiger charge is 2.22. The molecule has 0 aliphatic carbocycles. The molecule has 7 heteroatoms. The lowest BCUT2D eigenvalue weighted by Crippen LogP contribution is -2.34. The lowest BCUT2D eigenvalue weighted by Gasteiger charge is -2.20. The van der Waals surface area contributed by atoms with Gasteiger partial charge in [-0.15, -0.1) is 0 Å². The van der Waals surface area contributed by atoms with E-state index in [-0.39, 0.29) is 0 Å². The first-order valence-electron chi connectivity index (χ1n) is 7.53. The average molecular weight is 322 g/mol. The van der Waals surface area contributed by atoms with E-state index in [2.05, 4.69) is 15.5 Å². The van der Waals surface area contributed by atoms with Crippen LogP contribution in [0.15, 0.2) is 24.3 Å². The van der Waals surface area contributed by atoms with E-state index in [0.717, 1.165) is 42.9 Å². The molecule has 2 heterocycles. The van der Waals surface area contributed by atoms with E-state index in [0.29, 0.717) is 13.1 Å². The maximum atomic E-state index is 11.7. The van der Waals surface area contributed by atoms with Crippen LogP contribution in [-0.4, -0.2) is 59.6 Å². The Kier molecular flexibility index (Phi) is 4.20. The molecule has 1 aliphatic heterocycles. The van der Waals surface area contributed by atoms with Crippen LogP contribution in [0.25, 0.3) is 11.0 Å². The summed E-state index contributed by atoms with van der Waals surface area (Å²) >= 11 is 0. The Bertz CT molecular complexity index is 769. The van der Waals surface area contributed by atoms with E-state index in [1.54, 1.807) is 4.31 Å². The average Bonchev–Trinajstić information content (AvgIpc) is 2.64. The zero-order valence-electron chi connectivity index (χ0n) is 13.1. The minimum absolute atomic E-state index is 0.558. The standard InChI is InChI=1S/C15H22N4O2S/c1-17-14-7-4-3-6-13(14)16-15(17)12-18-8-5-9-19(11-10-18)22(2,20)21/h3-4,6-7H,5,8-12H2,1-2H3. The summed E-state index contributed by atoms with van der Waals surface area (Å²) in [7, 11) is -1.06. The molecule has 0 unspecified atom stereocenters. The Balaban J connectivity index is 1.74. The van der Waals surface area contributed by atoms with Crippen molar-refractivity contribution in [3.05, 3.63) is 30.1 Å². The van der Waals surface area contributed by atoms with Crippen LogP contribution >= 0.6 is 0 Å². The van der Waals surface area contributed by atoms with Crippen LogP contribution in [0.5, 0.6) is 0 Å². The van der Waals surface area contributed by atoms with E-state index in [1.807, 2.05) is 25.2 Å². The molecule has 0 bridgehead atoms. The summed E-state index contributed by atoms with van der Waals surface area (Å²) in [6.45, 7) is 3.56. The largest absolute Gasteiger partial charge is 0.330 e. The maximum Gasteiger partial charge on any atom is 0.211 e. The molecule has 0 saturated carbocycles. The summed E-state index contributed by atoms with van der Waals surface area (Å²) in [6.07, 6.45) is 2.14. The van der Waals surface area contributed by atoms with Crippen LogP contribution in [0.1, 0.15) is 12.2 Å². The van der Waals surface area contributed by atoms with Gasteiger partial charge in [0.05, 0.1) is 23.8 Å². The summed E-state index contributed by atoms with van der Waals surface area (Å²) in [5.74, 6) is 1.02. The van der Waals surface area contributed by atoms with Crippen molar-refractivity contribution in [2.75, 3.05) is 32.4 Å². The number of nitrogens with zero attached hydrogens (tertiary/aromatic N) is 4. The van der Waals surface area contributed by atoms with Gasteiger partial charge in [0.2, 0.25) is 10.0 Å². The van der Waals surface area contributed by atoms with Gasteiger partial charge in [-0.05, 0) is 25.1 Å². The van der Waals surface area contributed by atoms with Crippen molar-refractivity contribution in [3.8, 4) is 0 Å². The van der Waals surface area contributed by atoms with Crippen molar-refractivity contribution in [1.82, 2.24) is 18.8 Å². The second kappa shape index (κ2) is 5.98. The second-order valence-corrected chi connectivity index (χ2v) is 7.85. The van der Waals surface area contributed by atoms with Crippen molar-refractivity contribution >= 4 is 21.1 Å². The number of para-hydroxylation sites is 2. The number of aromatic nitrogens is 2. The fourth-order valence-corrected chi connectivity index (χ4v) is 3.85. The lowest BCUT2D eigenvalue weighted by atomic mass is 10.3. The number of hydrogen-bond donors (Lipinski definition) is 0. The quantitative estimate of drug-likeness (QED) is 0.847. The van der Waals surface area contributed by atoms with Crippen LogP contribution < -0.4 is 0 Å². The summed E-state index contributed by atoms with van der Waals surface area (Å²) < 4.78 is 27.0. The normalized spacial score (nSPS) is 18.6. The zero-order chi connectivity index (χ0) is 15.7. The molecule has 0 amide bonds. The molecule has 1 aromatic carbocycles. The number of rotatable bonds is 3. The monoisotopic (exact) mass is 322 g/mol. The molecule has 1 saturated heterocycles. The number of imidazole rings is 1. The molecule has 6 nitrogen and oxygen atoms in total.